The van der Waals surface area contributed by atoms with Crippen LogP contribution in [0, 0.1) is 18.4 Å². The Morgan fingerprint density at radius 2 is 1.50 bits per heavy atom. The van der Waals surface area contributed by atoms with E-state index in [1.165, 1.54) is 12.8 Å². The van der Waals surface area contributed by atoms with Crippen molar-refractivity contribution < 1.29 is 26.2 Å². The Balaban J connectivity index is 0.00000441. The van der Waals surface area contributed by atoms with E-state index in [9.17, 15) is 0 Å². The maximum atomic E-state index is 6.70. The van der Waals surface area contributed by atoms with Crippen LogP contribution < -0.4 is 0 Å². The van der Waals surface area contributed by atoms with E-state index in [1.807, 2.05) is 6.61 Å². The molecule has 0 amide bonds. The Labute approximate surface area is 150 Å². The standard InChI is InChI=1S/C18H37O2Si.Cu/c1-13(2)21(14(3)4,15(5)6)20-12-17(8)18-10-9-16(7)11-19-18;/h11,13-18H,9-10,12H2,1-8H3;/q-1;+1/t16-,17+,18-;/m0./s1. The van der Waals surface area contributed by atoms with Gasteiger partial charge in [-0.2, -0.15) is 0 Å². The molecule has 1 fully saturated rings. The predicted molar refractivity (Wildman–Crippen MR) is 93.7 cm³/mol. The van der Waals surface area contributed by atoms with Gasteiger partial charge < -0.3 is 9.16 Å². The Morgan fingerprint density at radius 1 is 1.00 bits per heavy atom. The van der Waals surface area contributed by atoms with Crippen LogP contribution in [0.1, 0.15) is 68.2 Å². The van der Waals surface area contributed by atoms with Crippen LogP contribution in [-0.4, -0.2) is 21.0 Å². The average molecular weight is 377 g/mol. The van der Waals surface area contributed by atoms with E-state index in [2.05, 4.69) is 55.4 Å². The number of rotatable bonds is 7. The maximum absolute atomic E-state index is 6.70. The molecule has 0 radical (unpaired) electrons. The molecule has 0 bridgehead atoms. The molecule has 3 atom stereocenters. The molecule has 0 aromatic rings. The number of hydrogen-bond donors (Lipinski definition) is 0. The zero-order chi connectivity index (χ0) is 16.2. The van der Waals surface area contributed by atoms with Gasteiger partial charge >= 0.3 is 17.1 Å². The summed E-state index contributed by atoms with van der Waals surface area (Å²) >= 11 is 0. The van der Waals surface area contributed by atoms with Gasteiger partial charge in [-0.3, -0.25) is 0 Å². The van der Waals surface area contributed by atoms with Crippen LogP contribution in [0.15, 0.2) is 0 Å². The Hall–Kier alpha value is 0.656. The van der Waals surface area contributed by atoms with E-state index < -0.39 is 8.32 Å². The van der Waals surface area contributed by atoms with E-state index in [0.717, 1.165) is 6.61 Å². The molecule has 0 aromatic heterocycles. The monoisotopic (exact) mass is 376 g/mol. The second-order valence-corrected chi connectivity index (χ2v) is 13.4. The summed E-state index contributed by atoms with van der Waals surface area (Å²) in [5, 5.41) is 0. The third-order valence-electron chi connectivity index (χ3n) is 5.33. The summed E-state index contributed by atoms with van der Waals surface area (Å²) in [6, 6.07) is 0. The summed E-state index contributed by atoms with van der Waals surface area (Å²) in [5.41, 5.74) is 1.97. The van der Waals surface area contributed by atoms with Crippen LogP contribution in [0.3, 0.4) is 0 Å². The normalized spacial score (nSPS) is 24.7. The Morgan fingerprint density at radius 3 is 1.86 bits per heavy atom. The molecular formula is C18H37CuO2Si. The molecule has 1 rings (SSSR count). The first-order valence-corrected chi connectivity index (χ1v) is 11.0. The molecule has 0 unspecified atom stereocenters. The number of hydrogen-bond acceptors (Lipinski definition) is 2. The molecule has 1 heterocycles. The minimum absolute atomic E-state index is 0. The van der Waals surface area contributed by atoms with Crippen molar-refractivity contribution >= 4 is 8.32 Å². The second-order valence-electron chi connectivity index (χ2n) is 7.97. The topological polar surface area (TPSA) is 18.5 Å². The Bertz CT molecular complexity index is 278. The van der Waals surface area contributed by atoms with Gasteiger partial charge in [0.2, 0.25) is 0 Å². The minimum atomic E-state index is -1.73. The van der Waals surface area contributed by atoms with E-state index in [4.69, 9.17) is 9.16 Å². The molecule has 1 saturated heterocycles. The largest absolute Gasteiger partial charge is 1.00 e. The second kappa shape index (κ2) is 9.83. The maximum Gasteiger partial charge on any atom is 1.00 e. The molecule has 136 valence electrons. The van der Waals surface area contributed by atoms with Gasteiger partial charge in [-0.25, -0.2) is 6.61 Å². The van der Waals surface area contributed by atoms with E-state index >= 15 is 0 Å². The quantitative estimate of drug-likeness (QED) is 0.413. The SMILES string of the molecule is CC(C)[Si](OC[C@@H](C)[C@@H]1CC[C@H](C)[CH-]O1)(C(C)C)C(C)C.[Cu+]. The van der Waals surface area contributed by atoms with Crippen molar-refractivity contribution in [1.29, 1.82) is 0 Å². The van der Waals surface area contributed by atoms with Crippen molar-refractivity contribution in [1.82, 2.24) is 0 Å². The third-order valence-corrected chi connectivity index (χ3v) is 11.4. The van der Waals surface area contributed by atoms with Crippen LogP contribution in [0.4, 0.5) is 0 Å². The van der Waals surface area contributed by atoms with Crippen molar-refractivity contribution in [3.63, 3.8) is 0 Å². The molecule has 1 aliphatic heterocycles. The van der Waals surface area contributed by atoms with Gasteiger partial charge in [-0.15, -0.1) is 5.92 Å². The molecule has 1 aliphatic rings. The molecule has 0 saturated carbocycles. The predicted octanol–water partition coefficient (Wildman–Crippen LogP) is 5.79. The molecule has 0 N–H and O–H groups in total. The fourth-order valence-corrected chi connectivity index (χ4v) is 9.65. The van der Waals surface area contributed by atoms with E-state index in [-0.39, 0.29) is 17.1 Å². The Kier molecular flexibility index (Phi) is 10.1. The summed E-state index contributed by atoms with van der Waals surface area (Å²) in [5.74, 6) is 1.08. The van der Waals surface area contributed by atoms with Gasteiger partial charge in [0.15, 0.2) is 8.32 Å². The summed E-state index contributed by atoms with van der Waals surface area (Å²) < 4.78 is 12.6. The average Bonchev–Trinajstić information content (AvgIpc) is 2.38. The van der Waals surface area contributed by atoms with Crippen LogP contribution in [0.25, 0.3) is 0 Å². The van der Waals surface area contributed by atoms with Gasteiger partial charge in [0, 0.05) is 18.6 Å². The summed E-state index contributed by atoms with van der Waals surface area (Å²) in [6.07, 6.45) is 2.76. The zero-order valence-corrected chi connectivity index (χ0v) is 17.7. The molecule has 2 nitrogen and oxygen atoms in total. The number of ether oxygens (including phenoxy) is 1. The summed E-state index contributed by atoms with van der Waals surface area (Å²) in [4.78, 5) is 0. The van der Waals surface area contributed by atoms with Gasteiger partial charge in [0.05, 0.1) is 0 Å². The summed E-state index contributed by atoms with van der Waals surface area (Å²) in [6.45, 7) is 21.5. The van der Waals surface area contributed by atoms with Gasteiger partial charge in [0.25, 0.3) is 0 Å². The fraction of sp³-hybridized carbons (Fsp3) is 0.944. The van der Waals surface area contributed by atoms with Gasteiger partial charge in [-0.1, -0.05) is 61.8 Å². The van der Waals surface area contributed by atoms with E-state index in [0.29, 0.717) is 34.6 Å². The van der Waals surface area contributed by atoms with Gasteiger partial charge in [0.1, 0.15) is 0 Å². The van der Waals surface area contributed by atoms with Gasteiger partial charge in [-0.05, 0) is 23.0 Å². The van der Waals surface area contributed by atoms with Crippen LogP contribution >= 0.6 is 0 Å². The molecule has 22 heavy (non-hydrogen) atoms. The van der Waals surface area contributed by atoms with E-state index in [1.54, 1.807) is 0 Å². The molecule has 0 aromatic carbocycles. The smallest absolute Gasteiger partial charge is 0.549 e. The fourth-order valence-electron chi connectivity index (χ4n) is 4.10. The molecule has 4 heteroatoms. The van der Waals surface area contributed by atoms with Crippen molar-refractivity contribution in [2.75, 3.05) is 6.61 Å². The molecule has 0 spiro atoms. The summed E-state index contributed by atoms with van der Waals surface area (Å²) in [7, 11) is -1.73. The molecule has 0 aliphatic carbocycles. The first kappa shape index (κ1) is 22.7. The van der Waals surface area contributed by atoms with Crippen molar-refractivity contribution in [3.8, 4) is 0 Å². The minimum Gasteiger partial charge on any atom is -0.549 e. The first-order chi connectivity index (χ1) is 9.71. The first-order valence-electron chi connectivity index (χ1n) is 8.84. The van der Waals surface area contributed by atoms with Crippen LogP contribution in [0.2, 0.25) is 16.6 Å². The molecular weight excluding hydrogens is 340 g/mol. The zero-order valence-electron chi connectivity index (χ0n) is 15.8. The van der Waals surface area contributed by atoms with Crippen molar-refractivity contribution in [3.05, 3.63) is 6.61 Å². The van der Waals surface area contributed by atoms with Crippen molar-refractivity contribution in [2.45, 2.75) is 91.0 Å². The third kappa shape index (κ3) is 5.34. The van der Waals surface area contributed by atoms with Crippen molar-refractivity contribution in [2.24, 2.45) is 11.8 Å². The van der Waals surface area contributed by atoms with Crippen LogP contribution in [-0.2, 0) is 26.2 Å². The van der Waals surface area contributed by atoms with Crippen LogP contribution in [0.5, 0.6) is 0 Å².